The maximum absolute atomic E-state index is 10.5. The van der Waals surface area contributed by atoms with E-state index in [0.717, 1.165) is 0 Å². The fraction of sp³-hybridized carbons (Fsp3) is 0.250. The first-order valence-corrected chi connectivity index (χ1v) is 4.01. The molecular formula is C8H9NO2S. The summed E-state index contributed by atoms with van der Waals surface area (Å²) in [6, 6.07) is 4.88. The van der Waals surface area contributed by atoms with Gasteiger partial charge in [0, 0.05) is 5.25 Å². The predicted molar refractivity (Wildman–Crippen MR) is 48.6 cm³/mol. The molecule has 1 atom stereocenters. The molecule has 0 aromatic carbocycles. The molecule has 1 aromatic rings. The Morgan fingerprint density at radius 1 is 1.67 bits per heavy atom. The van der Waals surface area contributed by atoms with Crippen molar-refractivity contribution in [3.63, 3.8) is 0 Å². The van der Waals surface area contributed by atoms with E-state index in [-0.39, 0.29) is 10.9 Å². The number of carbonyl (C=O) groups is 1. The van der Waals surface area contributed by atoms with E-state index in [2.05, 4.69) is 17.6 Å². The van der Waals surface area contributed by atoms with Gasteiger partial charge in [0.2, 0.25) is 0 Å². The molecule has 0 aliphatic rings. The molecule has 64 valence electrons. The van der Waals surface area contributed by atoms with Crippen LogP contribution in [0.15, 0.2) is 18.2 Å². The largest absolute Gasteiger partial charge is 0.477 e. The Balaban J connectivity index is 3.04. The fourth-order valence-electron chi connectivity index (χ4n) is 0.803. The summed E-state index contributed by atoms with van der Waals surface area (Å²) in [5, 5.41) is 8.57. The molecule has 0 bridgehead atoms. The van der Waals surface area contributed by atoms with Crippen LogP contribution in [0, 0.1) is 0 Å². The first kappa shape index (κ1) is 9.06. The molecule has 12 heavy (non-hydrogen) atoms. The van der Waals surface area contributed by atoms with E-state index in [1.807, 2.05) is 6.92 Å². The van der Waals surface area contributed by atoms with Gasteiger partial charge in [-0.3, -0.25) is 0 Å². The van der Waals surface area contributed by atoms with Crippen molar-refractivity contribution in [2.45, 2.75) is 12.2 Å². The number of carboxylic acids is 1. The molecule has 1 N–H and O–H groups in total. The van der Waals surface area contributed by atoms with Crippen LogP contribution in [0.1, 0.15) is 28.4 Å². The number of aromatic nitrogens is 1. The van der Waals surface area contributed by atoms with Gasteiger partial charge < -0.3 is 5.11 Å². The van der Waals surface area contributed by atoms with E-state index >= 15 is 0 Å². The number of rotatable bonds is 2. The average molecular weight is 183 g/mol. The predicted octanol–water partition coefficient (Wildman–Crippen LogP) is 1.77. The minimum atomic E-state index is -1.01. The smallest absolute Gasteiger partial charge is 0.354 e. The van der Waals surface area contributed by atoms with E-state index in [9.17, 15) is 4.79 Å². The van der Waals surface area contributed by atoms with E-state index in [1.54, 1.807) is 12.1 Å². The van der Waals surface area contributed by atoms with Crippen LogP contribution in [0.5, 0.6) is 0 Å². The first-order valence-electron chi connectivity index (χ1n) is 3.49. The lowest BCUT2D eigenvalue weighted by molar-refractivity contribution is 0.0690. The van der Waals surface area contributed by atoms with Gasteiger partial charge in [-0.1, -0.05) is 6.07 Å². The van der Waals surface area contributed by atoms with Crippen LogP contribution in [-0.2, 0) is 0 Å². The molecule has 1 unspecified atom stereocenters. The minimum absolute atomic E-state index is 0.0377. The Labute approximate surface area is 75.9 Å². The summed E-state index contributed by atoms with van der Waals surface area (Å²) >= 11 is 4.15. The summed E-state index contributed by atoms with van der Waals surface area (Å²) in [5.74, 6) is -1.01. The lowest BCUT2D eigenvalue weighted by Gasteiger charge is -2.02. The Kier molecular flexibility index (Phi) is 2.70. The number of pyridine rings is 1. The van der Waals surface area contributed by atoms with Crippen LogP contribution >= 0.6 is 12.6 Å². The van der Waals surface area contributed by atoms with E-state index in [4.69, 9.17) is 5.11 Å². The van der Waals surface area contributed by atoms with Crippen molar-refractivity contribution in [2.75, 3.05) is 0 Å². The molecule has 1 heterocycles. The first-order chi connectivity index (χ1) is 5.61. The zero-order valence-electron chi connectivity index (χ0n) is 6.56. The number of nitrogens with zero attached hydrogens (tertiary/aromatic N) is 1. The topological polar surface area (TPSA) is 50.2 Å². The van der Waals surface area contributed by atoms with Crippen molar-refractivity contribution >= 4 is 18.6 Å². The van der Waals surface area contributed by atoms with Crippen molar-refractivity contribution in [1.82, 2.24) is 4.98 Å². The Hall–Kier alpha value is -1.03. The normalized spacial score (nSPS) is 12.5. The van der Waals surface area contributed by atoms with Gasteiger partial charge in [0.1, 0.15) is 5.69 Å². The van der Waals surface area contributed by atoms with Gasteiger partial charge in [0.05, 0.1) is 5.69 Å². The third kappa shape index (κ3) is 1.98. The molecule has 0 fully saturated rings. The highest BCUT2D eigenvalue weighted by Gasteiger charge is 2.06. The van der Waals surface area contributed by atoms with Crippen molar-refractivity contribution in [2.24, 2.45) is 0 Å². The lowest BCUT2D eigenvalue weighted by Crippen LogP contribution is -2.02. The van der Waals surface area contributed by atoms with Gasteiger partial charge in [0.15, 0.2) is 0 Å². The molecule has 1 aromatic heterocycles. The van der Waals surface area contributed by atoms with E-state index < -0.39 is 5.97 Å². The zero-order chi connectivity index (χ0) is 9.14. The number of hydrogen-bond acceptors (Lipinski definition) is 3. The second-order valence-electron chi connectivity index (χ2n) is 2.43. The molecule has 0 amide bonds. The molecule has 0 radical (unpaired) electrons. The number of thiol groups is 1. The number of hydrogen-bond donors (Lipinski definition) is 2. The van der Waals surface area contributed by atoms with Crippen molar-refractivity contribution < 1.29 is 9.90 Å². The molecule has 0 saturated heterocycles. The Morgan fingerprint density at radius 2 is 2.33 bits per heavy atom. The maximum atomic E-state index is 10.5. The second kappa shape index (κ2) is 3.58. The van der Waals surface area contributed by atoms with Crippen LogP contribution in [0.4, 0.5) is 0 Å². The highest BCUT2D eigenvalue weighted by Crippen LogP contribution is 2.15. The average Bonchev–Trinajstić information content (AvgIpc) is 2.04. The van der Waals surface area contributed by atoms with Crippen LogP contribution in [0.3, 0.4) is 0 Å². The van der Waals surface area contributed by atoms with Gasteiger partial charge in [-0.05, 0) is 19.1 Å². The lowest BCUT2D eigenvalue weighted by atomic mass is 10.2. The van der Waals surface area contributed by atoms with Gasteiger partial charge in [-0.25, -0.2) is 9.78 Å². The minimum Gasteiger partial charge on any atom is -0.477 e. The van der Waals surface area contributed by atoms with Gasteiger partial charge >= 0.3 is 5.97 Å². The third-order valence-corrected chi connectivity index (χ3v) is 1.68. The summed E-state index contributed by atoms with van der Waals surface area (Å²) in [6.07, 6.45) is 0. The van der Waals surface area contributed by atoms with Crippen molar-refractivity contribution in [3.8, 4) is 0 Å². The Morgan fingerprint density at radius 3 is 2.83 bits per heavy atom. The van der Waals surface area contributed by atoms with Crippen molar-refractivity contribution in [3.05, 3.63) is 29.6 Å². The summed E-state index contributed by atoms with van der Waals surface area (Å²) in [6.45, 7) is 1.84. The Bertz CT molecular complexity index is 299. The van der Waals surface area contributed by atoms with E-state index in [1.165, 1.54) is 6.07 Å². The van der Waals surface area contributed by atoms with Gasteiger partial charge in [-0.2, -0.15) is 12.6 Å². The van der Waals surface area contributed by atoms with Gasteiger partial charge in [-0.15, -0.1) is 0 Å². The van der Waals surface area contributed by atoms with E-state index in [0.29, 0.717) is 5.69 Å². The van der Waals surface area contributed by atoms with Crippen LogP contribution < -0.4 is 0 Å². The van der Waals surface area contributed by atoms with Gasteiger partial charge in [0.25, 0.3) is 0 Å². The summed E-state index contributed by atoms with van der Waals surface area (Å²) < 4.78 is 0. The SMILES string of the molecule is CC(S)c1cccc(C(=O)O)n1. The summed E-state index contributed by atoms with van der Waals surface area (Å²) in [4.78, 5) is 14.4. The molecule has 3 nitrogen and oxygen atoms in total. The third-order valence-electron chi connectivity index (χ3n) is 1.42. The zero-order valence-corrected chi connectivity index (χ0v) is 7.45. The number of carboxylic acid groups (broad SMARTS) is 1. The summed E-state index contributed by atoms with van der Waals surface area (Å²) in [7, 11) is 0. The highest BCUT2D eigenvalue weighted by atomic mass is 32.1. The second-order valence-corrected chi connectivity index (χ2v) is 3.20. The molecule has 4 heteroatoms. The molecule has 0 spiro atoms. The van der Waals surface area contributed by atoms with Crippen LogP contribution in [-0.4, -0.2) is 16.1 Å². The molecular weight excluding hydrogens is 174 g/mol. The van der Waals surface area contributed by atoms with Crippen LogP contribution in [0.2, 0.25) is 0 Å². The quantitative estimate of drug-likeness (QED) is 0.687. The molecule has 0 aliphatic heterocycles. The molecule has 0 aliphatic carbocycles. The van der Waals surface area contributed by atoms with Crippen LogP contribution in [0.25, 0.3) is 0 Å². The standard InChI is InChI=1S/C8H9NO2S/c1-5(12)6-3-2-4-7(9-6)8(10)11/h2-5,12H,1H3,(H,10,11). The monoisotopic (exact) mass is 183 g/mol. The highest BCUT2D eigenvalue weighted by molar-refractivity contribution is 7.80. The van der Waals surface area contributed by atoms with Crippen molar-refractivity contribution in [1.29, 1.82) is 0 Å². The molecule has 0 saturated carbocycles. The number of aromatic carboxylic acids is 1. The summed E-state index contributed by atoms with van der Waals surface area (Å²) in [5.41, 5.74) is 0.742. The fourth-order valence-corrected chi connectivity index (χ4v) is 0.947. The molecule has 1 rings (SSSR count). The maximum Gasteiger partial charge on any atom is 0.354 e.